The molecule has 0 fully saturated rings. The summed E-state index contributed by atoms with van der Waals surface area (Å²) >= 11 is 1.10. The molecule has 144 valence electrons. The van der Waals surface area contributed by atoms with Crippen molar-refractivity contribution in [3.8, 4) is 0 Å². The van der Waals surface area contributed by atoms with E-state index in [1.165, 1.54) is 0 Å². The Kier molecular flexibility index (Phi) is 5.69. The quantitative estimate of drug-likeness (QED) is 0.669. The number of hydrogen-bond donors (Lipinski definition) is 1. The van der Waals surface area contributed by atoms with Gasteiger partial charge in [-0.15, -0.1) is 0 Å². The second kappa shape index (κ2) is 7.99. The topological polar surface area (TPSA) is 68.9 Å². The summed E-state index contributed by atoms with van der Waals surface area (Å²) < 4.78 is 29.5. The number of halogens is 2. The standard InChI is InChI=1S/C18H20F2N4O2S/c1-11(9-21-15(25)7-8-23-12(2)10-27-18(23)26)16-22-13-5-3-4-6-14(13)24(16)17(19)20/h3-6,10-11,17H,7-9H2,1-2H3,(H,21,25)/t11-/m0/s1. The van der Waals surface area contributed by atoms with Gasteiger partial charge in [0, 0.05) is 36.5 Å². The summed E-state index contributed by atoms with van der Waals surface area (Å²) in [7, 11) is 0. The minimum Gasteiger partial charge on any atom is -0.355 e. The van der Waals surface area contributed by atoms with Gasteiger partial charge in [0.05, 0.1) is 11.0 Å². The minimum atomic E-state index is -2.71. The Balaban J connectivity index is 1.65. The van der Waals surface area contributed by atoms with Crippen molar-refractivity contribution in [3.63, 3.8) is 0 Å². The number of hydrogen-bond acceptors (Lipinski definition) is 4. The number of nitrogens with zero attached hydrogens (tertiary/aromatic N) is 3. The van der Waals surface area contributed by atoms with Crippen LogP contribution in [0, 0.1) is 6.92 Å². The molecule has 0 radical (unpaired) electrons. The number of para-hydroxylation sites is 2. The zero-order chi connectivity index (χ0) is 19.6. The highest BCUT2D eigenvalue weighted by Gasteiger charge is 2.22. The van der Waals surface area contributed by atoms with Crippen LogP contribution in [0.4, 0.5) is 8.78 Å². The smallest absolute Gasteiger partial charge is 0.320 e. The van der Waals surface area contributed by atoms with Gasteiger partial charge in [0.2, 0.25) is 5.91 Å². The highest BCUT2D eigenvalue weighted by molar-refractivity contribution is 7.07. The predicted octanol–water partition coefficient (Wildman–Crippen LogP) is 3.27. The van der Waals surface area contributed by atoms with E-state index in [1.807, 2.05) is 6.92 Å². The molecule has 0 aliphatic carbocycles. The highest BCUT2D eigenvalue weighted by atomic mass is 32.1. The second-order valence-electron chi connectivity index (χ2n) is 6.36. The third-order valence-electron chi connectivity index (χ3n) is 4.40. The molecule has 1 atom stereocenters. The van der Waals surface area contributed by atoms with Gasteiger partial charge < -0.3 is 9.88 Å². The molecule has 0 spiro atoms. The molecule has 0 bridgehead atoms. The number of imidazole rings is 1. The predicted molar refractivity (Wildman–Crippen MR) is 100 cm³/mol. The van der Waals surface area contributed by atoms with Crippen molar-refractivity contribution in [2.24, 2.45) is 0 Å². The summed E-state index contributed by atoms with van der Waals surface area (Å²) in [6.07, 6.45) is 0.148. The summed E-state index contributed by atoms with van der Waals surface area (Å²) in [6.45, 7) is 1.33. The largest absolute Gasteiger partial charge is 0.355 e. The van der Waals surface area contributed by atoms with Crippen LogP contribution in [0.2, 0.25) is 0 Å². The number of nitrogens with one attached hydrogen (secondary N) is 1. The number of fused-ring (bicyclic) bond motifs is 1. The average molecular weight is 394 g/mol. The number of thiazole rings is 1. The molecule has 1 amide bonds. The number of carbonyl (C=O) groups excluding carboxylic acids is 1. The lowest BCUT2D eigenvalue weighted by Gasteiger charge is -2.15. The van der Waals surface area contributed by atoms with Crippen molar-refractivity contribution < 1.29 is 13.6 Å². The van der Waals surface area contributed by atoms with Crippen molar-refractivity contribution in [3.05, 3.63) is 50.8 Å². The monoisotopic (exact) mass is 394 g/mol. The van der Waals surface area contributed by atoms with E-state index in [9.17, 15) is 18.4 Å². The summed E-state index contributed by atoms with van der Waals surface area (Å²) in [5.41, 5.74) is 1.68. The maximum absolute atomic E-state index is 13.5. The number of carbonyl (C=O) groups is 1. The lowest BCUT2D eigenvalue weighted by Crippen LogP contribution is -2.30. The van der Waals surface area contributed by atoms with E-state index < -0.39 is 6.55 Å². The van der Waals surface area contributed by atoms with Crippen molar-refractivity contribution >= 4 is 28.3 Å². The SMILES string of the molecule is Cc1csc(=O)n1CCC(=O)NC[C@H](C)c1nc2ccccc2n1C(F)F. The molecule has 27 heavy (non-hydrogen) atoms. The van der Waals surface area contributed by atoms with E-state index >= 15 is 0 Å². The van der Waals surface area contributed by atoms with Crippen molar-refractivity contribution in [1.29, 1.82) is 0 Å². The second-order valence-corrected chi connectivity index (χ2v) is 7.18. The molecule has 0 aliphatic heterocycles. The van der Waals surface area contributed by atoms with Crippen molar-refractivity contribution in [1.82, 2.24) is 19.4 Å². The Morgan fingerprint density at radius 2 is 2.07 bits per heavy atom. The molecular formula is C18H20F2N4O2S. The maximum atomic E-state index is 13.5. The van der Waals surface area contributed by atoms with Crippen LogP contribution >= 0.6 is 11.3 Å². The van der Waals surface area contributed by atoms with Gasteiger partial charge in [0.25, 0.3) is 0 Å². The minimum absolute atomic E-state index is 0.0979. The molecule has 3 rings (SSSR count). The van der Waals surface area contributed by atoms with E-state index in [2.05, 4.69) is 10.3 Å². The highest BCUT2D eigenvalue weighted by Crippen LogP contribution is 2.27. The number of aryl methyl sites for hydroxylation is 1. The van der Waals surface area contributed by atoms with Gasteiger partial charge in [0.15, 0.2) is 0 Å². The van der Waals surface area contributed by atoms with Crippen molar-refractivity contribution in [2.75, 3.05) is 6.54 Å². The fourth-order valence-corrected chi connectivity index (χ4v) is 3.71. The van der Waals surface area contributed by atoms with E-state index in [0.29, 0.717) is 17.6 Å². The summed E-state index contributed by atoms with van der Waals surface area (Å²) in [4.78, 5) is 28.0. The molecule has 1 N–H and O–H groups in total. The Morgan fingerprint density at radius 3 is 2.74 bits per heavy atom. The van der Waals surface area contributed by atoms with Gasteiger partial charge in [-0.3, -0.25) is 14.2 Å². The van der Waals surface area contributed by atoms with Crippen molar-refractivity contribution in [2.45, 2.75) is 39.3 Å². The van der Waals surface area contributed by atoms with Gasteiger partial charge in [0.1, 0.15) is 5.82 Å². The Hall–Kier alpha value is -2.55. The first-order chi connectivity index (χ1) is 12.9. The van der Waals surface area contributed by atoms with E-state index in [0.717, 1.165) is 21.6 Å². The number of rotatable bonds is 7. The Morgan fingerprint density at radius 1 is 1.33 bits per heavy atom. The molecule has 3 aromatic rings. The van der Waals surface area contributed by atoms with Crippen LogP contribution < -0.4 is 10.2 Å². The fourth-order valence-electron chi connectivity index (χ4n) is 2.95. The zero-order valence-electron chi connectivity index (χ0n) is 15.0. The van der Waals surface area contributed by atoms with Crippen LogP contribution in [-0.2, 0) is 11.3 Å². The number of aromatic nitrogens is 3. The Labute approximate surface area is 158 Å². The number of benzene rings is 1. The molecule has 2 heterocycles. The van der Waals surface area contributed by atoms with Gasteiger partial charge in [-0.2, -0.15) is 8.78 Å². The Bertz CT molecular complexity index is 1010. The molecule has 0 saturated carbocycles. The van der Waals surface area contributed by atoms with Gasteiger partial charge in [-0.1, -0.05) is 30.4 Å². The number of amides is 1. The van der Waals surface area contributed by atoms with Crippen LogP contribution in [-0.4, -0.2) is 26.6 Å². The van der Waals surface area contributed by atoms with Crippen LogP contribution in [0.5, 0.6) is 0 Å². The van der Waals surface area contributed by atoms with E-state index in [1.54, 1.807) is 41.1 Å². The number of alkyl halides is 2. The lowest BCUT2D eigenvalue weighted by molar-refractivity contribution is -0.121. The first-order valence-corrected chi connectivity index (χ1v) is 9.43. The first-order valence-electron chi connectivity index (χ1n) is 8.55. The van der Waals surface area contributed by atoms with Gasteiger partial charge in [-0.25, -0.2) is 4.98 Å². The molecule has 0 unspecified atom stereocenters. The summed E-state index contributed by atoms with van der Waals surface area (Å²) in [6, 6.07) is 6.72. The molecule has 0 saturated heterocycles. The third-order valence-corrected chi connectivity index (χ3v) is 5.28. The van der Waals surface area contributed by atoms with Crippen LogP contribution in [0.25, 0.3) is 11.0 Å². The molecule has 9 heteroatoms. The molecule has 0 aliphatic rings. The van der Waals surface area contributed by atoms with Gasteiger partial charge in [-0.05, 0) is 19.1 Å². The average Bonchev–Trinajstić information content (AvgIpc) is 3.18. The zero-order valence-corrected chi connectivity index (χ0v) is 15.8. The van der Waals surface area contributed by atoms with Gasteiger partial charge >= 0.3 is 11.4 Å². The van der Waals surface area contributed by atoms with Crippen LogP contribution in [0.1, 0.15) is 37.3 Å². The first kappa shape index (κ1) is 19.2. The van der Waals surface area contributed by atoms with E-state index in [-0.39, 0.29) is 35.5 Å². The maximum Gasteiger partial charge on any atom is 0.320 e. The van der Waals surface area contributed by atoms with Crippen LogP contribution in [0.15, 0.2) is 34.4 Å². The van der Waals surface area contributed by atoms with E-state index in [4.69, 9.17) is 0 Å². The molecule has 1 aromatic carbocycles. The summed E-state index contributed by atoms with van der Waals surface area (Å²) in [5, 5.41) is 4.49. The molecule has 2 aromatic heterocycles. The normalized spacial score (nSPS) is 12.6. The molecular weight excluding hydrogens is 374 g/mol. The lowest BCUT2D eigenvalue weighted by atomic mass is 10.1. The fraction of sp³-hybridized carbons (Fsp3) is 0.389. The summed E-state index contributed by atoms with van der Waals surface area (Å²) in [5.74, 6) is -0.392. The third kappa shape index (κ3) is 4.08. The van der Waals surface area contributed by atoms with Crippen LogP contribution in [0.3, 0.4) is 0 Å². The molecule has 6 nitrogen and oxygen atoms in total.